The molecule has 0 bridgehead atoms. The van der Waals surface area contributed by atoms with E-state index in [0.717, 1.165) is 0 Å². The number of carbonyl (C=O) groups is 1. The first-order valence-corrected chi connectivity index (χ1v) is 5.43. The molecule has 0 heterocycles. The molecule has 1 aromatic rings. The number of nitrogens with one attached hydrogen (secondary N) is 1. The van der Waals surface area contributed by atoms with Crippen LogP contribution in [-0.4, -0.2) is 30.9 Å². The van der Waals surface area contributed by atoms with E-state index in [-0.39, 0.29) is 18.1 Å². The maximum Gasteiger partial charge on any atom is 0.238 e. The van der Waals surface area contributed by atoms with Crippen LogP contribution in [0.15, 0.2) is 18.2 Å². The minimum Gasteiger partial charge on any atom is -0.396 e. The van der Waals surface area contributed by atoms with Crippen molar-refractivity contribution < 1.29 is 9.18 Å². The zero-order valence-electron chi connectivity index (χ0n) is 10.1. The molecule has 0 fully saturated rings. The molecule has 0 radical (unpaired) electrons. The summed E-state index contributed by atoms with van der Waals surface area (Å²) in [7, 11) is 1.75. The highest BCUT2D eigenvalue weighted by Gasteiger charge is 2.07. The molecule has 3 N–H and O–H groups in total. The average molecular weight is 250 g/mol. The van der Waals surface area contributed by atoms with E-state index in [9.17, 15) is 9.18 Å². The van der Waals surface area contributed by atoms with Crippen LogP contribution in [0.1, 0.15) is 6.42 Å². The van der Waals surface area contributed by atoms with Crippen LogP contribution in [0, 0.1) is 17.1 Å². The van der Waals surface area contributed by atoms with Gasteiger partial charge in [-0.1, -0.05) is 0 Å². The number of anilines is 2. The van der Waals surface area contributed by atoms with E-state index in [2.05, 4.69) is 5.32 Å². The minimum absolute atomic E-state index is 0.00867. The quantitative estimate of drug-likeness (QED) is 0.769. The molecule has 1 amide bonds. The second kappa shape index (κ2) is 6.57. The number of nitriles is 1. The average Bonchev–Trinajstić information content (AvgIpc) is 2.31. The van der Waals surface area contributed by atoms with Crippen molar-refractivity contribution in [1.82, 2.24) is 4.90 Å². The molecule has 0 aromatic heterocycles. The van der Waals surface area contributed by atoms with Gasteiger partial charge in [-0.05, 0) is 25.2 Å². The molecular formula is C12H15FN4O. The van der Waals surface area contributed by atoms with Crippen LogP contribution in [0.5, 0.6) is 0 Å². The highest BCUT2D eigenvalue weighted by atomic mass is 19.1. The smallest absolute Gasteiger partial charge is 0.238 e. The van der Waals surface area contributed by atoms with Gasteiger partial charge in [0.1, 0.15) is 5.82 Å². The summed E-state index contributed by atoms with van der Waals surface area (Å²) in [6, 6.07) is 6.01. The van der Waals surface area contributed by atoms with Gasteiger partial charge in [-0.15, -0.1) is 0 Å². The number of rotatable bonds is 5. The number of hydrogen-bond acceptors (Lipinski definition) is 4. The predicted octanol–water partition coefficient (Wildman–Crippen LogP) is 1.19. The van der Waals surface area contributed by atoms with Gasteiger partial charge in [-0.3, -0.25) is 9.69 Å². The maximum absolute atomic E-state index is 12.9. The second-order valence-corrected chi connectivity index (χ2v) is 3.93. The molecule has 0 saturated heterocycles. The fourth-order valence-corrected chi connectivity index (χ4v) is 1.39. The molecule has 0 atom stereocenters. The molecule has 0 aliphatic heterocycles. The molecule has 96 valence electrons. The van der Waals surface area contributed by atoms with Crippen molar-refractivity contribution >= 4 is 17.3 Å². The third kappa shape index (κ3) is 4.39. The van der Waals surface area contributed by atoms with Crippen LogP contribution in [-0.2, 0) is 4.79 Å². The molecule has 0 spiro atoms. The molecular weight excluding hydrogens is 235 g/mol. The van der Waals surface area contributed by atoms with Gasteiger partial charge in [0.05, 0.1) is 18.3 Å². The van der Waals surface area contributed by atoms with Gasteiger partial charge in [0, 0.05) is 18.7 Å². The van der Waals surface area contributed by atoms with Crippen molar-refractivity contribution in [1.29, 1.82) is 5.26 Å². The summed E-state index contributed by atoms with van der Waals surface area (Å²) in [5, 5.41) is 11.0. The predicted molar refractivity (Wildman–Crippen MR) is 67.2 cm³/mol. The monoisotopic (exact) mass is 250 g/mol. The van der Waals surface area contributed by atoms with Gasteiger partial charge in [-0.2, -0.15) is 5.26 Å². The Bertz CT molecular complexity index is 470. The second-order valence-electron chi connectivity index (χ2n) is 3.93. The largest absolute Gasteiger partial charge is 0.396 e. The number of hydrogen-bond donors (Lipinski definition) is 2. The van der Waals surface area contributed by atoms with Gasteiger partial charge in [0.15, 0.2) is 0 Å². The highest BCUT2D eigenvalue weighted by molar-refractivity contribution is 5.92. The van der Waals surface area contributed by atoms with E-state index in [1.165, 1.54) is 18.2 Å². The minimum atomic E-state index is -0.515. The van der Waals surface area contributed by atoms with Crippen LogP contribution in [0.4, 0.5) is 15.8 Å². The third-order valence-electron chi connectivity index (χ3n) is 2.30. The van der Waals surface area contributed by atoms with Crippen molar-refractivity contribution in [3.63, 3.8) is 0 Å². The molecule has 0 saturated carbocycles. The molecule has 0 aliphatic rings. The van der Waals surface area contributed by atoms with Gasteiger partial charge < -0.3 is 11.1 Å². The molecule has 1 rings (SSSR count). The first-order valence-electron chi connectivity index (χ1n) is 5.43. The van der Waals surface area contributed by atoms with Crippen LogP contribution in [0.2, 0.25) is 0 Å². The first kappa shape index (κ1) is 13.9. The zero-order chi connectivity index (χ0) is 13.5. The molecule has 0 aliphatic carbocycles. The topological polar surface area (TPSA) is 82.2 Å². The van der Waals surface area contributed by atoms with Crippen LogP contribution >= 0.6 is 0 Å². The highest BCUT2D eigenvalue weighted by Crippen LogP contribution is 2.16. The lowest BCUT2D eigenvalue weighted by Gasteiger charge is -2.14. The van der Waals surface area contributed by atoms with Crippen LogP contribution in [0.25, 0.3) is 0 Å². The van der Waals surface area contributed by atoms with Crippen molar-refractivity contribution in [2.75, 3.05) is 31.2 Å². The van der Waals surface area contributed by atoms with Crippen molar-refractivity contribution in [2.45, 2.75) is 6.42 Å². The van der Waals surface area contributed by atoms with Crippen molar-refractivity contribution in [3.05, 3.63) is 24.0 Å². The lowest BCUT2D eigenvalue weighted by atomic mass is 10.2. The Labute approximate surface area is 105 Å². The van der Waals surface area contributed by atoms with Gasteiger partial charge in [0.25, 0.3) is 0 Å². The Hall–Kier alpha value is -2.13. The van der Waals surface area contributed by atoms with E-state index in [0.29, 0.717) is 18.7 Å². The van der Waals surface area contributed by atoms with Crippen molar-refractivity contribution in [3.8, 4) is 6.07 Å². The summed E-state index contributed by atoms with van der Waals surface area (Å²) >= 11 is 0. The standard InChI is InChI=1S/C12H15FN4O/c1-17(6-2-5-14)8-12(18)16-9-3-4-10(13)11(15)7-9/h3-4,7H,2,6,8,15H2,1H3,(H,16,18). The summed E-state index contributed by atoms with van der Waals surface area (Å²) < 4.78 is 12.9. The summed E-state index contributed by atoms with van der Waals surface area (Å²) in [5.74, 6) is -0.749. The molecule has 18 heavy (non-hydrogen) atoms. The van der Waals surface area contributed by atoms with Gasteiger partial charge in [0.2, 0.25) is 5.91 Å². The number of likely N-dealkylation sites (N-methyl/N-ethyl adjacent to an activating group) is 1. The summed E-state index contributed by atoms with van der Waals surface area (Å²) in [4.78, 5) is 13.3. The Balaban J connectivity index is 2.49. The third-order valence-corrected chi connectivity index (χ3v) is 2.30. The summed E-state index contributed by atoms with van der Waals surface area (Å²) in [6.07, 6.45) is 0.368. The lowest BCUT2D eigenvalue weighted by Crippen LogP contribution is -2.30. The van der Waals surface area contributed by atoms with E-state index in [1.54, 1.807) is 11.9 Å². The molecule has 6 heteroatoms. The normalized spacial score (nSPS) is 10.1. The Morgan fingerprint density at radius 2 is 2.33 bits per heavy atom. The van der Waals surface area contributed by atoms with Crippen LogP contribution < -0.4 is 11.1 Å². The Morgan fingerprint density at radius 3 is 2.94 bits per heavy atom. The first-order chi connectivity index (χ1) is 8.52. The molecule has 0 unspecified atom stereocenters. The number of amides is 1. The zero-order valence-corrected chi connectivity index (χ0v) is 10.1. The maximum atomic E-state index is 12.9. The van der Waals surface area contributed by atoms with E-state index in [1.807, 2.05) is 6.07 Å². The van der Waals surface area contributed by atoms with E-state index < -0.39 is 5.82 Å². The fraction of sp³-hybridized carbons (Fsp3) is 0.333. The molecule has 5 nitrogen and oxygen atoms in total. The number of nitrogens with zero attached hydrogens (tertiary/aromatic N) is 2. The SMILES string of the molecule is CN(CCC#N)CC(=O)Nc1ccc(F)c(N)c1. The van der Waals surface area contributed by atoms with Crippen LogP contribution in [0.3, 0.4) is 0 Å². The Morgan fingerprint density at radius 1 is 1.61 bits per heavy atom. The molecule has 1 aromatic carbocycles. The van der Waals surface area contributed by atoms with E-state index >= 15 is 0 Å². The summed E-state index contributed by atoms with van der Waals surface area (Å²) in [5.41, 5.74) is 5.83. The number of nitrogens with two attached hydrogens (primary N) is 1. The summed E-state index contributed by atoms with van der Waals surface area (Å²) in [6.45, 7) is 0.689. The Kier molecular flexibility index (Phi) is 5.08. The number of benzene rings is 1. The number of halogens is 1. The number of carbonyl (C=O) groups excluding carboxylic acids is 1. The number of nitrogen functional groups attached to an aromatic ring is 1. The lowest BCUT2D eigenvalue weighted by molar-refractivity contribution is -0.117. The van der Waals surface area contributed by atoms with Gasteiger partial charge in [-0.25, -0.2) is 4.39 Å². The van der Waals surface area contributed by atoms with E-state index in [4.69, 9.17) is 11.0 Å². The van der Waals surface area contributed by atoms with Gasteiger partial charge >= 0.3 is 0 Å². The van der Waals surface area contributed by atoms with Crippen molar-refractivity contribution in [2.24, 2.45) is 0 Å². The fourth-order valence-electron chi connectivity index (χ4n) is 1.39.